The smallest absolute Gasteiger partial charge is 0.0243 e. The van der Waals surface area contributed by atoms with E-state index in [1.54, 1.807) is 0 Å². The van der Waals surface area contributed by atoms with Crippen molar-refractivity contribution < 1.29 is 4.11 Å². The minimum Gasteiger partial charge on any atom is -0.0619 e. The molecule has 1 saturated carbocycles. The monoisotopic (exact) mass is 265 g/mol. The molecule has 0 N–H and O–H groups in total. The highest BCUT2D eigenvalue weighted by molar-refractivity contribution is 5.59. The lowest BCUT2D eigenvalue weighted by Crippen LogP contribution is -2.38. The quantitative estimate of drug-likeness (QED) is 0.615. The van der Waals surface area contributed by atoms with E-state index in [-0.39, 0.29) is 5.41 Å². The van der Waals surface area contributed by atoms with Crippen molar-refractivity contribution in [3.05, 3.63) is 70.8 Å². The van der Waals surface area contributed by atoms with Crippen LogP contribution < -0.4 is 0 Å². The molecule has 0 radical (unpaired) electrons. The minimum absolute atomic E-state index is 0.0119. The zero-order chi connectivity index (χ0) is 16.3. The number of hydrogen-bond acceptors (Lipinski definition) is 0. The molecule has 0 heterocycles. The van der Waals surface area contributed by atoms with Crippen LogP contribution in [0.25, 0.3) is 0 Å². The first-order valence-electron chi connectivity index (χ1n) is 9.11. The van der Waals surface area contributed by atoms with E-state index in [1.807, 2.05) is 31.2 Å². The topological polar surface area (TPSA) is 0 Å². The molecular formula is C20H22. The molecule has 0 aromatic heterocycles. The van der Waals surface area contributed by atoms with Crippen LogP contribution in [0.1, 0.15) is 65.8 Å². The van der Waals surface area contributed by atoms with E-state index < -0.39 is 12.3 Å². The zero-order valence-corrected chi connectivity index (χ0v) is 11.9. The van der Waals surface area contributed by atoms with Crippen molar-refractivity contribution in [1.82, 2.24) is 0 Å². The van der Waals surface area contributed by atoms with Gasteiger partial charge in [-0.3, -0.25) is 0 Å². The molecule has 0 heteroatoms. The van der Waals surface area contributed by atoms with Crippen LogP contribution in [0.3, 0.4) is 0 Å². The van der Waals surface area contributed by atoms with Gasteiger partial charge in [0.25, 0.3) is 0 Å². The average Bonchev–Trinajstić information content (AvgIpc) is 3.03. The highest BCUT2D eigenvalue weighted by atomic mass is 14.5. The Kier molecular flexibility index (Phi) is 1.87. The maximum Gasteiger partial charge on any atom is 0.0243 e. The van der Waals surface area contributed by atoms with Crippen molar-refractivity contribution in [1.29, 1.82) is 0 Å². The predicted octanol–water partition coefficient (Wildman–Crippen LogP) is 5.19. The molecule has 4 rings (SSSR count). The second-order valence-corrected chi connectivity index (χ2v) is 6.51. The van der Waals surface area contributed by atoms with Gasteiger partial charge in [-0.25, -0.2) is 0 Å². The van der Waals surface area contributed by atoms with Crippen molar-refractivity contribution in [3.8, 4) is 0 Å². The highest BCUT2D eigenvalue weighted by Gasteiger charge is 2.47. The Labute approximate surface area is 126 Å². The summed E-state index contributed by atoms with van der Waals surface area (Å²) in [6.45, 7) is -0.168. The van der Waals surface area contributed by atoms with Gasteiger partial charge in [0.15, 0.2) is 0 Å². The van der Waals surface area contributed by atoms with E-state index in [1.165, 1.54) is 24.0 Å². The van der Waals surface area contributed by atoms with Crippen molar-refractivity contribution in [2.24, 2.45) is 0 Å². The third kappa shape index (κ3) is 1.37. The van der Waals surface area contributed by atoms with Gasteiger partial charge in [0.1, 0.15) is 0 Å². The van der Waals surface area contributed by atoms with Gasteiger partial charge in [-0.15, -0.1) is 0 Å². The van der Waals surface area contributed by atoms with Gasteiger partial charge in [0.05, 0.1) is 0 Å². The Balaban J connectivity index is 2.12. The molecule has 2 aliphatic rings. The molecule has 1 fully saturated rings. The van der Waals surface area contributed by atoms with Gasteiger partial charge in [0, 0.05) is 14.9 Å². The Bertz CT molecular complexity index is 702. The largest absolute Gasteiger partial charge is 0.0619 e. The molecule has 20 heavy (non-hydrogen) atoms. The lowest BCUT2D eigenvalue weighted by atomic mass is 9.58. The average molecular weight is 265 g/mol. The summed E-state index contributed by atoms with van der Waals surface area (Å²) in [4.78, 5) is 0. The van der Waals surface area contributed by atoms with Crippen LogP contribution in [0.4, 0.5) is 0 Å². The molecule has 2 aliphatic carbocycles. The molecule has 102 valence electrons. The molecule has 0 aliphatic heterocycles. The number of fused-ring (bicyclic) bond motifs is 4. The van der Waals surface area contributed by atoms with Gasteiger partial charge in [-0.2, -0.15) is 0 Å². The van der Waals surface area contributed by atoms with E-state index in [9.17, 15) is 0 Å². The summed E-state index contributed by atoms with van der Waals surface area (Å²) in [5, 5.41) is 0. The highest BCUT2D eigenvalue weighted by Crippen LogP contribution is 2.56. The van der Waals surface area contributed by atoms with Gasteiger partial charge in [-0.1, -0.05) is 75.1 Å². The molecule has 2 aromatic rings. The summed E-state index contributed by atoms with van der Waals surface area (Å²) in [5.41, 5.74) is 3.57. The fourth-order valence-electron chi connectivity index (χ4n) is 4.48. The van der Waals surface area contributed by atoms with E-state index in [2.05, 4.69) is 24.3 Å². The van der Waals surface area contributed by atoms with Crippen LogP contribution in [0.2, 0.25) is 0 Å². The molecule has 0 nitrogen and oxygen atoms in total. The molecule has 0 saturated heterocycles. The molecular weight excluding hydrogens is 240 g/mol. The molecule has 0 bridgehead atoms. The van der Waals surface area contributed by atoms with E-state index >= 15 is 0 Å². The molecule has 0 unspecified atom stereocenters. The Morgan fingerprint density at radius 3 is 1.70 bits per heavy atom. The van der Waals surface area contributed by atoms with Gasteiger partial charge in [-0.05, 0) is 35.1 Å². The maximum atomic E-state index is 8.28. The predicted molar refractivity (Wildman–Crippen MR) is 84.3 cm³/mol. The van der Waals surface area contributed by atoms with Crippen molar-refractivity contribution in [3.63, 3.8) is 0 Å². The normalized spacial score (nSPS) is 24.4. The number of rotatable bonds is 0. The zero-order valence-electron chi connectivity index (χ0n) is 14.9. The fraction of sp³-hybridized carbons (Fsp3) is 0.400. The summed E-state index contributed by atoms with van der Waals surface area (Å²) in [6, 6.07) is 16.5. The van der Waals surface area contributed by atoms with Crippen molar-refractivity contribution in [2.75, 3.05) is 0 Å². The minimum atomic E-state index is -2.07. The van der Waals surface area contributed by atoms with Crippen LogP contribution >= 0.6 is 0 Å². The fourth-order valence-corrected chi connectivity index (χ4v) is 4.48. The molecule has 1 spiro atoms. The third-order valence-electron chi connectivity index (χ3n) is 5.42. The Morgan fingerprint density at radius 2 is 1.25 bits per heavy atom. The number of hydrogen-bond donors (Lipinski definition) is 0. The van der Waals surface area contributed by atoms with E-state index in [0.29, 0.717) is 0 Å². The van der Waals surface area contributed by atoms with Gasteiger partial charge in [0.2, 0.25) is 0 Å². The van der Waals surface area contributed by atoms with Gasteiger partial charge >= 0.3 is 0 Å². The van der Waals surface area contributed by atoms with E-state index in [0.717, 1.165) is 24.0 Å². The second kappa shape index (κ2) is 3.97. The van der Waals surface area contributed by atoms with Crippen molar-refractivity contribution in [2.45, 2.75) is 50.3 Å². The van der Waals surface area contributed by atoms with Crippen LogP contribution in [-0.4, -0.2) is 0 Å². The van der Waals surface area contributed by atoms with E-state index in [4.69, 9.17) is 4.11 Å². The lowest BCUT2D eigenvalue weighted by molar-refractivity contribution is 0.466. The summed E-state index contributed by atoms with van der Waals surface area (Å²) < 4.78 is 24.8. The Hall–Kier alpha value is -1.56. The summed E-state index contributed by atoms with van der Waals surface area (Å²) in [5.74, 6) is 0. The van der Waals surface area contributed by atoms with Crippen LogP contribution in [0.5, 0.6) is 0 Å². The third-order valence-corrected chi connectivity index (χ3v) is 5.42. The summed E-state index contributed by atoms with van der Waals surface area (Å²) in [6.07, 6.45) is 4.68. The van der Waals surface area contributed by atoms with Crippen LogP contribution in [-0.2, 0) is 10.8 Å². The van der Waals surface area contributed by atoms with Crippen LogP contribution in [0, 0.1) is 0 Å². The number of benzene rings is 2. The summed E-state index contributed by atoms with van der Waals surface area (Å²) >= 11 is 0. The first kappa shape index (κ1) is 9.39. The maximum absolute atomic E-state index is 8.28. The first-order valence-corrected chi connectivity index (χ1v) is 7.61. The Morgan fingerprint density at radius 1 is 0.800 bits per heavy atom. The van der Waals surface area contributed by atoms with Crippen molar-refractivity contribution >= 4 is 0 Å². The molecule has 0 amide bonds. The second-order valence-electron chi connectivity index (χ2n) is 6.51. The van der Waals surface area contributed by atoms with Gasteiger partial charge < -0.3 is 0 Å². The lowest BCUT2D eigenvalue weighted by Gasteiger charge is -2.45. The molecule has 2 aromatic carbocycles. The SMILES string of the molecule is [2H]C([2H])([2H])C1(C)c2ccccc2C2(CCCC2)c2ccccc21. The first-order chi connectivity index (χ1) is 10.9. The van der Waals surface area contributed by atoms with Crippen LogP contribution in [0.15, 0.2) is 48.5 Å². The standard InChI is InChI=1S/C20H22/c1-19(2)15-9-3-5-11-17(15)20(13-7-8-14-20)18-12-6-4-10-16(18)19/h3-6,9-12H,7-8,13-14H2,1-2H3/i1D3. The molecule has 0 atom stereocenters. The summed E-state index contributed by atoms with van der Waals surface area (Å²) in [7, 11) is 0.